The van der Waals surface area contributed by atoms with Crippen molar-refractivity contribution in [3.05, 3.63) is 34.2 Å². The van der Waals surface area contributed by atoms with Crippen molar-refractivity contribution in [2.24, 2.45) is 0 Å². The summed E-state index contributed by atoms with van der Waals surface area (Å²) in [5.41, 5.74) is 0.866. The number of hydrogen-bond donors (Lipinski definition) is 2. The fraction of sp³-hybridized carbons (Fsp3) is 0.286. The number of nitrogens with one attached hydrogen (secondary N) is 1. The van der Waals surface area contributed by atoms with Crippen LogP contribution in [0.25, 0.3) is 10.1 Å². The van der Waals surface area contributed by atoms with E-state index < -0.39 is 12.0 Å². The summed E-state index contributed by atoms with van der Waals surface area (Å²) in [5.74, 6) is -1.31. The number of carboxylic acid groups (broad SMARTS) is 1. The maximum absolute atomic E-state index is 11.9. The Kier molecular flexibility index (Phi) is 4.62. The molecule has 0 saturated carbocycles. The molecule has 1 aromatic heterocycles. The van der Waals surface area contributed by atoms with Crippen LogP contribution < -0.4 is 5.32 Å². The van der Waals surface area contributed by atoms with Gasteiger partial charge in [-0.1, -0.05) is 18.5 Å². The number of fused-ring (bicyclic) bond motifs is 1. The number of carbonyl (C=O) groups is 2. The van der Waals surface area contributed by atoms with Gasteiger partial charge in [0.2, 0.25) is 5.91 Å². The molecule has 2 rings (SSSR count). The molecule has 0 aliphatic rings. The van der Waals surface area contributed by atoms with Crippen LogP contribution in [0.5, 0.6) is 0 Å². The summed E-state index contributed by atoms with van der Waals surface area (Å²) >= 11 is 7.50. The van der Waals surface area contributed by atoms with Gasteiger partial charge in [0, 0.05) is 9.72 Å². The number of carbonyl (C=O) groups excluding carboxylic acids is 1. The first-order valence-electron chi connectivity index (χ1n) is 6.19. The van der Waals surface area contributed by atoms with Gasteiger partial charge in [-0.2, -0.15) is 0 Å². The van der Waals surface area contributed by atoms with E-state index in [1.165, 1.54) is 0 Å². The fourth-order valence-electron chi connectivity index (χ4n) is 1.95. The lowest BCUT2D eigenvalue weighted by Gasteiger charge is -2.11. The van der Waals surface area contributed by atoms with Crippen molar-refractivity contribution in [2.45, 2.75) is 25.8 Å². The van der Waals surface area contributed by atoms with Gasteiger partial charge in [-0.25, -0.2) is 4.79 Å². The Bertz CT molecular complexity index is 653. The largest absolute Gasteiger partial charge is 0.480 e. The molecule has 0 spiro atoms. The smallest absolute Gasteiger partial charge is 0.326 e. The third-order valence-corrected chi connectivity index (χ3v) is 4.26. The Labute approximate surface area is 125 Å². The number of benzene rings is 1. The lowest BCUT2D eigenvalue weighted by Crippen LogP contribution is -2.40. The minimum Gasteiger partial charge on any atom is -0.480 e. The van der Waals surface area contributed by atoms with Crippen molar-refractivity contribution in [1.82, 2.24) is 5.32 Å². The van der Waals surface area contributed by atoms with Gasteiger partial charge in [-0.15, -0.1) is 11.3 Å². The summed E-state index contributed by atoms with van der Waals surface area (Å²) in [7, 11) is 0. The van der Waals surface area contributed by atoms with E-state index >= 15 is 0 Å². The van der Waals surface area contributed by atoms with Crippen LogP contribution in [-0.2, 0) is 16.0 Å². The van der Waals surface area contributed by atoms with Crippen LogP contribution in [0.2, 0.25) is 5.02 Å². The zero-order chi connectivity index (χ0) is 14.7. The lowest BCUT2D eigenvalue weighted by atomic mass is 10.1. The molecule has 1 amide bonds. The molecular weight excluding hydrogens is 298 g/mol. The van der Waals surface area contributed by atoms with Gasteiger partial charge < -0.3 is 10.4 Å². The van der Waals surface area contributed by atoms with Crippen molar-refractivity contribution in [3.63, 3.8) is 0 Å². The third-order valence-electron chi connectivity index (χ3n) is 3.01. The first-order chi connectivity index (χ1) is 9.51. The second-order valence-electron chi connectivity index (χ2n) is 4.44. The number of rotatable bonds is 5. The molecule has 0 radical (unpaired) electrons. The van der Waals surface area contributed by atoms with Crippen LogP contribution in [0.4, 0.5) is 0 Å². The first-order valence-corrected chi connectivity index (χ1v) is 7.44. The average molecular weight is 312 g/mol. The summed E-state index contributed by atoms with van der Waals surface area (Å²) in [6.45, 7) is 1.72. The maximum atomic E-state index is 11.9. The topological polar surface area (TPSA) is 66.4 Å². The van der Waals surface area contributed by atoms with Crippen molar-refractivity contribution in [1.29, 1.82) is 0 Å². The number of hydrogen-bond acceptors (Lipinski definition) is 3. The lowest BCUT2D eigenvalue weighted by molar-refractivity contribution is -0.141. The molecule has 6 heteroatoms. The molecule has 0 aliphatic heterocycles. The molecule has 0 bridgehead atoms. The Hall–Kier alpha value is -1.59. The quantitative estimate of drug-likeness (QED) is 0.891. The molecule has 0 fully saturated rings. The van der Waals surface area contributed by atoms with Gasteiger partial charge in [0.1, 0.15) is 6.04 Å². The molecule has 20 heavy (non-hydrogen) atoms. The maximum Gasteiger partial charge on any atom is 0.326 e. The van der Waals surface area contributed by atoms with E-state index in [4.69, 9.17) is 16.7 Å². The van der Waals surface area contributed by atoms with Gasteiger partial charge in [-0.3, -0.25) is 4.79 Å². The Morgan fingerprint density at radius 3 is 2.85 bits per heavy atom. The van der Waals surface area contributed by atoms with Crippen LogP contribution >= 0.6 is 22.9 Å². The molecule has 4 nitrogen and oxygen atoms in total. The van der Waals surface area contributed by atoms with Crippen molar-refractivity contribution in [2.75, 3.05) is 0 Å². The summed E-state index contributed by atoms with van der Waals surface area (Å²) < 4.78 is 1.06. The Morgan fingerprint density at radius 1 is 1.45 bits per heavy atom. The second-order valence-corrected chi connectivity index (χ2v) is 5.79. The number of aliphatic carboxylic acids is 1. The highest BCUT2D eigenvalue weighted by Crippen LogP contribution is 2.28. The standard InChI is InChI=1S/C14H14ClNO3S/c1-2-11(14(18)19)16-13(17)5-8-7-20-12-4-3-9(15)6-10(8)12/h3-4,6-7,11H,2,5H2,1H3,(H,16,17)(H,18,19). The van der Waals surface area contributed by atoms with Crippen LogP contribution in [0.15, 0.2) is 23.6 Å². The number of thiophene rings is 1. The van der Waals surface area contributed by atoms with Gasteiger partial charge in [0.05, 0.1) is 6.42 Å². The van der Waals surface area contributed by atoms with E-state index in [1.54, 1.807) is 18.3 Å². The minimum absolute atomic E-state index is 0.157. The van der Waals surface area contributed by atoms with Crippen molar-refractivity contribution in [3.8, 4) is 0 Å². The highest BCUT2D eigenvalue weighted by Gasteiger charge is 2.18. The molecule has 2 aromatic rings. The van der Waals surface area contributed by atoms with E-state index in [0.29, 0.717) is 11.4 Å². The van der Waals surface area contributed by atoms with E-state index in [0.717, 1.165) is 15.6 Å². The van der Waals surface area contributed by atoms with E-state index in [1.807, 2.05) is 23.6 Å². The summed E-state index contributed by atoms with van der Waals surface area (Å²) in [5, 5.41) is 14.9. The number of amides is 1. The molecule has 0 aliphatic carbocycles. The zero-order valence-corrected chi connectivity index (χ0v) is 12.4. The zero-order valence-electron chi connectivity index (χ0n) is 10.9. The molecule has 0 saturated heterocycles. The SMILES string of the molecule is CCC(NC(=O)Cc1csc2ccc(Cl)cc12)C(=O)O. The fourth-order valence-corrected chi connectivity index (χ4v) is 3.06. The molecular formula is C14H14ClNO3S. The molecule has 106 valence electrons. The highest BCUT2D eigenvalue weighted by atomic mass is 35.5. The highest BCUT2D eigenvalue weighted by molar-refractivity contribution is 7.17. The van der Waals surface area contributed by atoms with Crippen LogP contribution in [0.1, 0.15) is 18.9 Å². The minimum atomic E-state index is -1.01. The van der Waals surface area contributed by atoms with E-state index in [-0.39, 0.29) is 12.3 Å². The molecule has 1 aromatic carbocycles. The monoisotopic (exact) mass is 311 g/mol. The van der Waals surface area contributed by atoms with Crippen LogP contribution in [-0.4, -0.2) is 23.0 Å². The second kappa shape index (κ2) is 6.24. The normalized spacial score (nSPS) is 12.3. The molecule has 1 heterocycles. The van der Waals surface area contributed by atoms with Gasteiger partial charge in [-0.05, 0) is 40.9 Å². The van der Waals surface area contributed by atoms with Gasteiger partial charge >= 0.3 is 5.97 Å². The number of carboxylic acids is 1. The third kappa shape index (κ3) is 3.29. The van der Waals surface area contributed by atoms with E-state index in [2.05, 4.69) is 5.32 Å². The van der Waals surface area contributed by atoms with Gasteiger partial charge in [0.25, 0.3) is 0 Å². The van der Waals surface area contributed by atoms with Crippen LogP contribution in [0.3, 0.4) is 0 Å². The molecule has 1 unspecified atom stereocenters. The summed E-state index contributed by atoms with van der Waals surface area (Å²) in [4.78, 5) is 22.8. The predicted molar refractivity (Wildman–Crippen MR) is 80.4 cm³/mol. The Balaban J connectivity index is 2.14. The van der Waals surface area contributed by atoms with Crippen LogP contribution in [0, 0.1) is 0 Å². The van der Waals surface area contributed by atoms with E-state index in [9.17, 15) is 9.59 Å². The molecule has 2 N–H and O–H groups in total. The van der Waals surface area contributed by atoms with Gasteiger partial charge in [0.15, 0.2) is 0 Å². The van der Waals surface area contributed by atoms with Crippen molar-refractivity contribution >= 4 is 44.9 Å². The average Bonchev–Trinajstić information content (AvgIpc) is 2.78. The molecule has 1 atom stereocenters. The first kappa shape index (κ1) is 14.8. The summed E-state index contributed by atoms with van der Waals surface area (Å²) in [6.07, 6.45) is 0.515. The predicted octanol–water partition coefficient (Wildman–Crippen LogP) is 3.08. The summed E-state index contributed by atoms with van der Waals surface area (Å²) in [6, 6.07) is 4.71. The number of halogens is 1. The van der Waals surface area contributed by atoms with Crippen molar-refractivity contribution < 1.29 is 14.7 Å². The Morgan fingerprint density at radius 2 is 2.20 bits per heavy atom.